The largest absolute Gasteiger partial charge is 0.494 e. The Labute approximate surface area is 122 Å². The van der Waals surface area contributed by atoms with Crippen molar-refractivity contribution in [3.05, 3.63) is 23.5 Å². The molecule has 0 aromatic rings. The van der Waals surface area contributed by atoms with Crippen LogP contribution in [-0.4, -0.2) is 18.7 Å². The second-order valence-electron chi connectivity index (χ2n) is 5.75. The predicted molar refractivity (Wildman–Crippen MR) is 79.2 cm³/mol. The van der Waals surface area contributed by atoms with Crippen molar-refractivity contribution in [1.29, 1.82) is 0 Å². The van der Waals surface area contributed by atoms with E-state index in [2.05, 4.69) is 6.58 Å². The Morgan fingerprint density at radius 2 is 1.90 bits per heavy atom. The first-order valence-corrected chi connectivity index (χ1v) is 7.93. The molecule has 0 aromatic carbocycles. The molecule has 0 bridgehead atoms. The molecule has 0 aliphatic heterocycles. The fraction of sp³-hybridized carbons (Fsp3) is 0.706. The Kier molecular flexibility index (Phi) is 5.69. The van der Waals surface area contributed by atoms with Crippen LogP contribution in [0.5, 0.6) is 0 Å². The highest BCUT2D eigenvalue weighted by Crippen LogP contribution is 2.33. The summed E-state index contributed by atoms with van der Waals surface area (Å²) in [6.07, 6.45) is 9.38. The van der Waals surface area contributed by atoms with Gasteiger partial charge in [-0.15, -0.1) is 0 Å². The molecule has 0 spiro atoms. The second-order valence-corrected chi connectivity index (χ2v) is 5.75. The molecule has 0 radical (unpaired) electrons. The van der Waals surface area contributed by atoms with Gasteiger partial charge in [-0.3, -0.25) is 4.79 Å². The molecule has 0 heterocycles. The topological polar surface area (TPSA) is 35.5 Å². The van der Waals surface area contributed by atoms with E-state index in [1.165, 1.54) is 31.3 Å². The lowest BCUT2D eigenvalue weighted by Crippen LogP contribution is -2.21. The highest BCUT2D eigenvalue weighted by atomic mass is 16.5. The first kappa shape index (κ1) is 15.1. The molecule has 0 N–H and O–H groups in total. The molecule has 2 saturated carbocycles. The fourth-order valence-corrected chi connectivity index (χ4v) is 2.84. The van der Waals surface area contributed by atoms with Crippen molar-refractivity contribution in [1.82, 2.24) is 0 Å². The number of ether oxygens (including phenoxy) is 2. The molecule has 0 unspecified atom stereocenters. The van der Waals surface area contributed by atoms with Crippen molar-refractivity contribution < 1.29 is 14.3 Å². The van der Waals surface area contributed by atoms with Gasteiger partial charge >= 0.3 is 5.97 Å². The van der Waals surface area contributed by atoms with E-state index in [4.69, 9.17) is 9.47 Å². The molecule has 112 valence electrons. The number of esters is 1. The van der Waals surface area contributed by atoms with E-state index in [1.54, 1.807) is 0 Å². The standard InChI is InChI=1S/C17H26O3/c1-3-19-17(14-8-7-9-14)13(2)12-16(18)20-15-10-5-4-6-11-15/h15H,2-12H2,1H3. The molecule has 0 atom stereocenters. The van der Waals surface area contributed by atoms with Crippen LogP contribution in [0.3, 0.4) is 0 Å². The van der Waals surface area contributed by atoms with Gasteiger partial charge in [0, 0.05) is 0 Å². The first-order chi connectivity index (χ1) is 9.70. The third-order valence-corrected chi connectivity index (χ3v) is 4.10. The SMILES string of the molecule is C=C(CC(=O)OC1CCCCC1)C(OCC)=C1CCC1. The summed E-state index contributed by atoms with van der Waals surface area (Å²) in [5.74, 6) is 0.707. The van der Waals surface area contributed by atoms with Crippen LogP contribution in [0.2, 0.25) is 0 Å². The zero-order valence-corrected chi connectivity index (χ0v) is 12.6. The van der Waals surface area contributed by atoms with Gasteiger partial charge in [0.2, 0.25) is 0 Å². The monoisotopic (exact) mass is 278 g/mol. The molecule has 2 aliphatic rings. The van der Waals surface area contributed by atoms with Gasteiger partial charge in [-0.05, 0) is 63.0 Å². The summed E-state index contributed by atoms with van der Waals surface area (Å²) in [7, 11) is 0. The first-order valence-electron chi connectivity index (χ1n) is 7.93. The molecule has 3 nitrogen and oxygen atoms in total. The van der Waals surface area contributed by atoms with E-state index < -0.39 is 0 Å². The summed E-state index contributed by atoms with van der Waals surface area (Å²) in [6.45, 7) is 6.61. The summed E-state index contributed by atoms with van der Waals surface area (Å²) in [5.41, 5.74) is 2.09. The maximum absolute atomic E-state index is 12.0. The summed E-state index contributed by atoms with van der Waals surface area (Å²) < 4.78 is 11.2. The van der Waals surface area contributed by atoms with Gasteiger partial charge in [-0.2, -0.15) is 0 Å². The minimum absolute atomic E-state index is 0.121. The van der Waals surface area contributed by atoms with Crippen LogP contribution in [0.4, 0.5) is 0 Å². The van der Waals surface area contributed by atoms with Crippen molar-refractivity contribution in [3.8, 4) is 0 Å². The van der Waals surface area contributed by atoms with Gasteiger partial charge in [0.25, 0.3) is 0 Å². The van der Waals surface area contributed by atoms with Gasteiger partial charge in [0.1, 0.15) is 11.9 Å². The zero-order valence-electron chi connectivity index (χ0n) is 12.6. The van der Waals surface area contributed by atoms with E-state index in [1.807, 2.05) is 6.92 Å². The Hall–Kier alpha value is -1.25. The summed E-state index contributed by atoms with van der Waals surface area (Å²) >= 11 is 0. The minimum Gasteiger partial charge on any atom is -0.494 e. The molecule has 20 heavy (non-hydrogen) atoms. The van der Waals surface area contributed by atoms with Crippen LogP contribution in [0.25, 0.3) is 0 Å². The van der Waals surface area contributed by atoms with Crippen LogP contribution >= 0.6 is 0 Å². The van der Waals surface area contributed by atoms with E-state index in [9.17, 15) is 4.79 Å². The molecular formula is C17H26O3. The third kappa shape index (κ3) is 4.12. The number of hydrogen-bond acceptors (Lipinski definition) is 3. The Morgan fingerprint density at radius 1 is 1.20 bits per heavy atom. The van der Waals surface area contributed by atoms with Crippen LogP contribution in [0, 0.1) is 0 Å². The smallest absolute Gasteiger partial charge is 0.310 e. The van der Waals surface area contributed by atoms with E-state index in [0.717, 1.165) is 37.0 Å². The molecule has 0 aromatic heterocycles. The molecule has 0 amide bonds. The molecule has 3 heteroatoms. The average molecular weight is 278 g/mol. The maximum Gasteiger partial charge on any atom is 0.310 e. The second kappa shape index (κ2) is 7.51. The summed E-state index contributed by atoms with van der Waals surface area (Å²) in [6, 6.07) is 0. The quantitative estimate of drug-likeness (QED) is 0.537. The number of carbonyl (C=O) groups excluding carboxylic acids is 1. The van der Waals surface area contributed by atoms with Crippen LogP contribution in [0.15, 0.2) is 23.5 Å². The maximum atomic E-state index is 12.0. The van der Waals surface area contributed by atoms with E-state index in [0.29, 0.717) is 6.61 Å². The van der Waals surface area contributed by atoms with Crippen molar-refractivity contribution in [2.45, 2.75) is 70.8 Å². The average Bonchev–Trinajstić information content (AvgIpc) is 2.37. The summed E-state index contributed by atoms with van der Waals surface area (Å²) in [5, 5.41) is 0. The van der Waals surface area contributed by atoms with Gasteiger partial charge in [-0.1, -0.05) is 13.0 Å². The Balaban J connectivity index is 1.84. The zero-order chi connectivity index (χ0) is 14.4. The highest BCUT2D eigenvalue weighted by Gasteiger charge is 2.22. The number of allylic oxidation sites excluding steroid dienone is 2. The van der Waals surface area contributed by atoms with Crippen LogP contribution in [-0.2, 0) is 14.3 Å². The fourth-order valence-electron chi connectivity index (χ4n) is 2.84. The van der Waals surface area contributed by atoms with Crippen molar-refractivity contribution in [2.24, 2.45) is 0 Å². The molecule has 2 fully saturated rings. The molecule has 2 rings (SSSR count). The highest BCUT2D eigenvalue weighted by molar-refractivity contribution is 5.73. The molecule has 2 aliphatic carbocycles. The number of rotatable bonds is 6. The predicted octanol–water partition coefficient (Wildman–Crippen LogP) is 4.28. The number of hydrogen-bond donors (Lipinski definition) is 0. The molecular weight excluding hydrogens is 252 g/mol. The van der Waals surface area contributed by atoms with Gasteiger partial charge in [-0.25, -0.2) is 0 Å². The lowest BCUT2D eigenvalue weighted by Gasteiger charge is -2.24. The Bertz CT molecular complexity index is 383. The Morgan fingerprint density at radius 3 is 2.45 bits per heavy atom. The van der Waals surface area contributed by atoms with Gasteiger partial charge in [0.15, 0.2) is 0 Å². The van der Waals surface area contributed by atoms with Crippen molar-refractivity contribution in [2.75, 3.05) is 6.61 Å². The minimum atomic E-state index is -0.154. The molecule has 0 saturated heterocycles. The van der Waals surface area contributed by atoms with Crippen molar-refractivity contribution >= 4 is 5.97 Å². The normalized spacial score (nSPS) is 19.1. The lowest BCUT2D eigenvalue weighted by molar-refractivity contribution is -0.149. The van der Waals surface area contributed by atoms with Crippen LogP contribution in [0.1, 0.15) is 64.7 Å². The lowest BCUT2D eigenvalue weighted by atomic mass is 9.89. The van der Waals surface area contributed by atoms with Crippen LogP contribution < -0.4 is 0 Å². The van der Waals surface area contributed by atoms with Crippen molar-refractivity contribution in [3.63, 3.8) is 0 Å². The number of carbonyl (C=O) groups is 1. The summed E-state index contributed by atoms with van der Waals surface area (Å²) in [4.78, 5) is 12.0. The third-order valence-electron chi connectivity index (χ3n) is 4.10. The van der Waals surface area contributed by atoms with E-state index >= 15 is 0 Å². The van der Waals surface area contributed by atoms with Gasteiger partial charge in [0.05, 0.1) is 13.0 Å². The van der Waals surface area contributed by atoms with E-state index in [-0.39, 0.29) is 18.5 Å². The van der Waals surface area contributed by atoms with Gasteiger partial charge < -0.3 is 9.47 Å².